The SMILES string of the molecule is CN(C)c1ccc(-c2nc(CC(=O)O)c(-c3ccc(Cl)s3)o2)nc1. The molecule has 0 saturated heterocycles. The van der Waals surface area contributed by atoms with Crippen LogP contribution in [0.15, 0.2) is 34.9 Å². The number of nitrogens with zero attached hydrogens (tertiary/aromatic N) is 3. The fourth-order valence-corrected chi connectivity index (χ4v) is 3.18. The molecule has 0 saturated carbocycles. The van der Waals surface area contributed by atoms with Gasteiger partial charge in [0.25, 0.3) is 0 Å². The van der Waals surface area contributed by atoms with Crippen LogP contribution >= 0.6 is 22.9 Å². The van der Waals surface area contributed by atoms with E-state index in [0.29, 0.717) is 21.5 Å². The number of aromatic nitrogens is 2. The Labute approximate surface area is 147 Å². The lowest BCUT2D eigenvalue weighted by molar-refractivity contribution is -0.136. The van der Waals surface area contributed by atoms with Gasteiger partial charge in [0.1, 0.15) is 5.69 Å². The summed E-state index contributed by atoms with van der Waals surface area (Å²) >= 11 is 7.27. The minimum atomic E-state index is -0.977. The van der Waals surface area contributed by atoms with Gasteiger partial charge in [-0.3, -0.25) is 4.79 Å². The van der Waals surface area contributed by atoms with E-state index in [1.165, 1.54) is 11.3 Å². The monoisotopic (exact) mass is 363 g/mol. The van der Waals surface area contributed by atoms with Crippen LogP contribution in [0.5, 0.6) is 0 Å². The Morgan fingerprint density at radius 3 is 2.67 bits per heavy atom. The number of halogens is 1. The second-order valence-electron chi connectivity index (χ2n) is 5.27. The van der Waals surface area contributed by atoms with E-state index < -0.39 is 5.97 Å². The van der Waals surface area contributed by atoms with Gasteiger partial charge in [-0.15, -0.1) is 11.3 Å². The topological polar surface area (TPSA) is 79.5 Å². The van der Waals surface area contributed by atoms with Crippen molar-refractivity contribution < 1.29 is 14.3 Å². The maximum absolute atomic E-state index is 11.1. The zero-order chi connectivity index (χ0) is 17.3. The van der Waals surface area contributed by atoms with Crippen LogP contribution in [0.1, 0.15) is 5.69 Å². The molecule has 0 aliphatic carbocycles. The Bertz CT molecular complexity index is 871. The summed E-state index contributed by atoms with van der Waals surface area (Å²) in [5, 5.41) is 9.10. The predicted molar refractivity (Wildman–Crippen MR) is 93.7 cm³/mol. The quantitative estimate of drug-likeness (QED) is 0.742. The average Bonchev–Trinajstić information content (AvgIpc) is 3.13. The number of hydrogen-bond acceptors (Lipinski definition) is 6. The minimum absolute atomic E-state index is 0.232. The van der Waals surface area contributed by atoms with E-state index in [1.807, 2.05) is 25.1 Å². The highest BCUT2D eigenvalue weighted by atomic mass is 35.5. The van der Waals surface area contributed by atoms with Crippen LogP contribution in [0.2, 0.25) is 4.34 Å². The predicted octanol–water partition coefficient (Wildman–Crippen LogP) is 3.81. The molecule has 24 heavy (non-hydrogen) atoms. The van der Waals surface area contributed by atoms with Gasteiger partial charge in [0.05, 0.1) is 33.2 Å². The number of thiophene rings is 1. The first-order valence-electron chi connectivity index (χ1n) is 7.05. The molecule has 0 unspecified atom stereocenters. The molecule has 8 heteroatoms. The lowest BCUT2D eigenvalue weighted by Crippen LogP contribution is -2.08. The van der Waals surface area contributed by atoms with E-state index in [1.54, 1.807) is 24.4 Å². The van der Waals surface area contributed by atoms with Crippen molar-refractivity contribution in [1.29, 1.82) is 0 Å². The summed E-state index contributed by atoms with van der Waals surface area (Å²) in [5.41, 5.74) is 1.84. The lowest BCUT2D eigenvalue weighted by Gasteiger charge is -2.11. The van der Waals surface area contributed by atoms with Gasteiger partial charge in [-0.05, 0) is 24.3 Å². The van der Waals surface area contributed by atoms with Crippen molar-refractivity contribution in [3.8, 4) is 22.2 Å². The zero-order valence-corrected chi connectivity index (χ0v) is 14.6. The molecule has 3 rings (SSSR count). The minimum Gasteiger partial charge on any atom is -0.481 e. The van der Waals surface area contributed by atoms with Crippen molar-refractivity contribution in [1.82, 2.24) is 9.97 Å². The smallest absolute Gasteiger partial charge is 0.309 e. The molecule has 1 N–H and O–H groups in total. The molecular weight excluding hydrogens is 350 g/mol. The molecule has 124 valence electrons. The van der Waals surface area contributed by atoms with E-state index in [4.69, 9.17) is 21.1 Å². The molecule has 0 spiro atoms. The first-order valence-corrected chi connectivity index (χ1v) is 8.24. The van der Waals surface area contributed by atoms with Gasteiger partial charge in [0.15, 0.2) is 5.76 Å². The fraction of sp³-hybridized carbons (Fsp3) is 0.188. The summed E-state index contributed by atoms with van der Waals surface area (Å²) in [7, 11) is 3.84. The van der Waals surface area contributed by atoms with Gasteiger partial charge in [0, 0.05) is 14.1 Å². The van der Waals surface area contributed by atoms with Crippen molar-refractivity contribution in [2.75, 3.05) is 19.0 Å². The maximum atomic E-state index is 11.1. The number of rotatable bonds is 5. The van der Waals surface area contributed by atoms with Crippen molar-refractivity contribution in [3.63, 3.8) is 0 Å². The Morgan fingerprint density at radius 1 is 1.33 bits per heavy atom. The van der Waals surface area contributed by atoms with Crippen LogP contribution in [0.4, 0.5) is 5.69 Å². The number of oxazole rings is 1. The van der Waals surface area contributed by atoms with Crippen LogP contribution in [-0.4, -0.2) is 35.1 Å². The molecule has 0 aliphatic rings. The number of anilines is 1. The van der Waals surface area contributed by atoms with Gasteiger partial charge in [-0.25, -0.2) is 9.97 Å². The molecule has 0 aromatic carbocycles. The molecule has 6 nitrogen and oxygen atoms in total. The van der Waals surface area contributed by atoms with Gasteiger partial charge >= 0.3 is 5.97 Å². The van der Waals surface area contributed by atoms with Crippen molar-refractivity contribution in [3.05, 3.63) is 40.5 Å². The zero-order valence-electron chi connectivity index (χ0n) is 13.0. The van der Waals surface area contributed by atoms with Crippen molar-refractivity contribution in [2.45, 2.75) is 6.42 Å². The molecule has 0 radical (unpaired) electrons. The summed E-state index contributed by atoms with van der Waals surface area (Å²) in [6, 6.07) is 7.20. The van der Waals surface area contributed by atoms with Crippen LogP contribution < -0.4 is 4.90 Å². The summed E-state index contributed by atoms with van der Waals surface area (Å²) in [6.07, 6.45) is 1.47. The van der Waals surface area contributed by atoms with Crippen LogP contribution in [0.25, 0.3) is 22.2 Å². The lowest BCUT2D eigenvalue weighted by atomic mass is 10.2. The molecule has 0 aliphatic heterocycles. The average molecular weight is 364 g/mol. The Hall–Kier alpha value is -2.38. The first-order chi connectivity index (χ1) is 11.4. The Balaban J connectivity index is 2.02. The summed E-state index contributed by atoms with van der Waals surface area (Å²) in [4.78, 5) is 22.4. The standard InChI is InChI=1S/C16H14ClN3O3S/c1-20(2)9-3-4-10(18-8-9)16-19-11(7-14(21)22)15(23-16)12-5-6-13(17)24-12/h3-6,8H,7H2,1-2H3,(H,21,22). The number of carboxylic acids is 1. The fourth-order valence-electron chi connectivity index (χ4n) is 2.13. The highest BCUT2D eigenvalue weighted by Gasteiger charge is 2.20. The van der Waals surface area contributed by atoms with E-state index in [0.717, 1.165) is 10.6 Å². The molecule has 3 aromatic heterocycles. The Kier molecular flexibility index (Phi) is 4.55. The number of carbonyl (C=O) groups is 1. The molecule has 0 atom stereocenters. The van der Waals surface area contributed by atoms with E-state index >= 15 is 0 Å². The molecule has 3 heterocycles. The third-order valence-corrected chi connectivity index (χ3v) is 4.53. The van der Waals surface area contributed by atoms with E-state index in [9.17, 15) is 4.79 Å². The molecule has 0 amide bonds. The van der Waals surface area contributed by atoms with Crippen LogP contribution in [-0.2, 0) is 11.2 Å². The molecule has 0 bridgehead atoms. The van der Waals surface area contributed by atoms with Crippen LogP contribution in [0, 0.1) is 0 Å². The highest BCUT2D eigenvalue weighted by Crippen LogP contribution is 2.36. The third-order valence-electron chi connectivity index (χ3n) is 3.30. The number of aliphatic carboxylic acids is 1. The summed E-state index contributed by atoms with van der Waals surface area (Å²) < 4.78 is 6.40. The molecular formula is C16H14ClN3O3S. The molecule has 0 fully saturated rings. The second-order valence-corrected chi connectivity index (χ2v) is 6.98. The van der Waals surface area contributed by atoms with Crippen molar-refractivity contribution in [2.24, 2.45) is 0 Å². The van der Waals surface area contributed by atoms with Gasteiger partial charge < -0.3 is 14.4 Å². The third kappa shape index (κ3) is 3.42. The van der Waals surface area contributed by atoms with Gasteiger partial charge in [-0.2, -0.15) is 0 Å². The van der Waals surface area contributed by atoms with E-state index in [-0.39, 0.29) is 12.3 Å². The summed E-state index contributed by atoms with van der Waals surface area (Å²) in [6.45, 7) is 0. The van der Waals surface area contributed by atoms with Gasteiger partial charge in [-0.1, -0.05) is 11.6 Å². The Morgan fingerprint density at radius 2 is 2.12 bits per heavy atom. The second kappa shape index (κ2) is 6.62. The molecule has 3 aromatic rings. The highest BCUT2D eigenvalue weighted by molar-refractivity contribution is 7.19. The summed E-state index contributed by atoms with van der Waals surface area (Å²) in [5.74, 6) is -0.270. The van der Waals surface area contributed by atoms with E-state index in [2.05, 4.69) is 9.97 Å². The van der Waals surface area contributed by atoms with Crippen molar-refractivity contribution >= 4 is 34.6 Å². The normalized spacial score (nSPS) is 10.8. The first kappa shape index (κ1) is 16.5. The van der Waals surface area contributed by atoms with Gasteiger partial charge in [0.2, 0.25) is 5.89 Å². The maximum Gasteiger partial charge on any atom is 0.309 e. The largest absolute Gasteiger partial charge is 0.481 e. The van der Waals surface area contributed by atoms with Crippen LogP contribution in [0.3, 0.4) is 0 Å². The number of pyridine rings is 1. The number of carboxylic acid groups (broad SMARTS) is 1. The number of hydrogen-bond donors (Lipinski definition) is 1.